The SMILES string of the molecule is CCN(CC)CCCOc1cc2ncnc(Nc3c(F)ccc(O)c3C)c2cc1OC. The van der Waals surface area contributed by atoms with Gasteiger partial charge in [0.25, 0.3) is 0 Å². The van der Waals surface area contributed by atoms with Crippen LogP contribution in [0, 0.1) is 12.7 Å². The van der Waals surface area contributed by atoms with Crippen molar-refractivity contribution in [2.45, 2.75) is 27.2 Å². The topological polar surface area (TPSA) is 79.7 Å². The number of methoxy groups -OCH3 is 1. The summed E-state index contributed by atoms with van der Waals surface area (Å²) in [5, 5.41) is 13.6. The first-order valence-corrected chi connectivity index (χ1v) is 10.4. The molecule has 166 valence electrons. The minimum Gasteiger partial charge on any atom is -0.508 e. The van der Waals surface area contributed by atoms with Crippen molar-refractivity contribution < 1.29 is 19.0 Å². The van der Waals surface area contributed by atoms with Gasteiger partial charge in [-0.15, -0.1) is 0 Å². The Morgan fingerprint density at radius 3 is 2.61 bits per heavy atom. The second-order valence-electron chi connectivity index (χ2n) is 7.16. The molecule has 0 spiro atoms. The summed E-state index contributed by atoms with van der Waals surface area (Å²) in [7, 11) is 1.57. The van der Waals surface area contributed by atoms with Gasteiger partial charge < -0.3 is 24.8 Å². The maximum absolute atomic E-state index is 14.3. The maximum Gasteiger partial charge on any atom is 0.163 e. The minimum absolute atomic E-state index is 0.000222. The lowest BCUT2D eigenvalue weighted by Gasteiger charge is -2.18. The molecule has 3 aromatic rings. The van der Waals surface area contributed by atoms with Crippen molar-refractivity contribution in [3.8, 4) is 17.2 Å². The minimum atomic E-state index is -0.484. The molecule has 7 nitrogen and oxygen atoms in total. The van der Waals surface area contributed by atoms with E-state index in [0.29, 0.717) is 40.4 Å². The number of benzene rings is 2. The fraction of sp³-hybridized carbons (Fsp3) is 0.391. The Kier molecular flexibility index (Phi) is 7.46. The van der Waals surface area contributed by atoms with Gasteiger partial charge in [-0.05, 0) is 44.6 Å². The first kappa shape index (κ1) is 22.6. The van der Waals surface area contributed by atoms with E-state index in [1.54, 1.807) is 26.2 Å². The standard InChI is InChI=1S/C23H29FN4O3/c1-5-28(6-2)10-7-11-31-21-13-18-16(12-20(21)30-4)23(26-14-25-18)27-22-15(3)19(29)9-8-17(22)24/h8-9,12-14,29H,5-7,10-11H2,1-4H3,(H,25,26,27). The van der Waals surface area contributed by atoms with E-state index in [-0.39, 0.29) is 11.4 Å². The molecule has 0 saturated heterocycles. The lowest BCUT2D eigenvalue weighted by molar-refractivity contribution is 0.243. The Morgan fingerprint density at radius 1 is 1.13 bits per heavy atom. The van der Waals surface area contributed by atoms with Crippen LogP contribution in [0.3, 0.4) is 0 Å². The van der Waals surface area contributed by atoms with E-state index in [2.05, 4.69) is 34.0 Å². The first-order chi connectivity index (χ1) is 15.0. The number of nitrogens with zero attached hydrogens (tertiary/aromatic N) is 3. The highest BCUT2D eigenvalue weighted by molar-refractivity contribution is 5.93. The molecule has 0 saturated carbocycles. The van der Waals surface area contributed by atoms with Gasteiger partial charge in [0.2, 0.25) is 0 Å². The number of hydrogen-bond acceptors (Lipinski definition) is 7. The summed E-state index contributed by atoms with van der Waals surface area (Å²) < 4.78 is 25.8. The molecule has 31 heavy (non-hydrogen) atoms. The number of nitrogens with one attached hydrogen (secondary N) is 1. The van der Waals surface area contributed by atoms with Crippen LogP contribution < -0.4 is 14.8 Å². The van der Waals surface area contributed by atoms with Crippen LogP contribution in [0.25, 0.3) is 10.9 Å². The highest BCUT2D eigenvalue weighted by atomic mass is 19.1. The van der Waals surface area contributed by atoms with Crippen molar-refractivity contribution in [2.75, 3.05) is 38.7 Å². The Balaban J connectivity index is 1.86. The molecule has 1 aromatic heterocycles. The predicted molar refractivity (Wildman–Crippen MR) is 120 cm³/mol. The van der Waals surface area contributed by atoms with Gasteiger partial charge in [-0.2, -0.15) is 0 Å². The monoisotopic (exact) mass is 428 g/mol. The van der Waals surface area contributed by atoms with Crippen LogP contribution in [0.1, 0.15) is 25.8 Å². The quantitative estimate of drug-likeness (QED) is 0.455. The van der Waals surface area contributed by atoms with E-state index in [0.717, 1.165) is 26.1 Å². The first-order valence-electron chi connectivity index (χ1n) is 10.4. The number of phenols is 1. The third-order valence-electron chi connectivity index (χ3n) is 5.32. The Labute approximate surface area is 181 Å². The third-order valence-corrected chi connectivity index (χ3v) is 5.32. The number of hydrogen-bond donors (Lipinski definition) is 2. The van der Waals surface area contributed by atoms with Crippen molar-refractivity contribution in [2.24, 2.45) is 0 Å². The summed E-state index contributed by atoms with van der Waals surface area (Å²) >= 11 is 0. The van der Waals surface area contributed by atoms with Gasteiger partial charge in [0.05, 0.1) is 24.9 Å². The van der Waals surface area contributed by atoms with Crippen LogP contribution >= 0.6 is 0 Å². The molecule has 2 N–H and O–H groups in total. The van der Waals surface area contributed by atoms with Crippen molar-refractivity contribution in [3.63, 3.8) is 0 Å². The third kappa shape index (κ3) is 5.14. The summed E-state index contributed by atoms with van der Waals surface area (Å²) in [5.41, 5.74) is 1.19. The molecule has 0 fully saturated rings. The summed E-state index contributed by atoms with van der Waals surface area (Å²) in [4.78, 5) is 10.9. The van der Waals surface area contributed by atoms with E-state index in [1.807, 2.05) is 0 Å². The summed E-state index contributed by atoms with van der Waals surface area (Å²) in [6, 6.07) is 6.09. The number of aromatic hydroxyl groups is 1. The zero-order chi connectivity index (χ0) is 22.4. The molecule has 0 unspecified atom stereocenters. The number of rotatable bonds is 10. The molecule has 0 radical (unpaired) electrons. The van der Waals surface area contributed by atoms with Crippen LogP contribution in [0.2, 0.25) is 0 Å². The van der Waals surface area contributed by atoms with E-state index in [4.69, 9.17) is 9.47 Å². The lowest BCUT2D eigenvalue weighted by atomic mass is 10.1. The largest absolute Gasteiger partial charge is 0.508 e. The molecule has 0 amide bonds. The predicted octanol–water partition coefficient (Wildman–Crippen LogP) is 4.65. The average molecular weight is 429 g/mol. The van der Waals surface area contributed by atoms with Crippen molar-refractivity contribution in [1.82, 2.24) is 14.9 Å². The highest BCUT2D eigenvalue weighted by Crippen LogP contribution is 2.36. The molecule has 0 aliphatic rings. The van der Waals surface area contributed by atoms with Crippen LogP contribution in [0.4, 0.5) is 15.9 Å². The van der Waals surface area contributed by atoms with Gasteiger partial charge in [0, 0.05) is 23.6 Å². The van der Waals surface area contributed by atoms with Gasteiger partial charge in [-0.1, -0.05) is 13.8 Å². The fourth-order valence-electron chi connectivity index (χ4n) is 3.39. The molecule has 0 aliphatic carbocycles. The molecule has 0 bridgehead atoms. The van der Waals surface area contributed by atoms with Gasteiger partial charge in [0.15, 0.2) is 11.5 Å². The molecule has 8 heteroatoms. The Morgan fingerprint density at radius 2 is 1.90 bits per heavy atom. The fourth-order valence-corrected chi connectivity index (χ4v) is 3.39. The van der Waals surface area contributed by atoms with Crippen LogP contribution in [-0.2, 0) is 0 Å². The summed E-state index contributed by atoms with van der Waals surface area (Å²) in [6.45, 7) is 9.48. The summed E-state index contributed by atoms with van der Waals surface area (Å²) in [6.07, 6.45) is 2.30. The normalized spacial score (nSPS) is 11.2. The number of phenolic OH excluding ortho intramolecular Hbond substituents is 1. The molecule has 0 atom stereocenters. The molecular formula is C23H29FN4O3. The highest BCUT2D eigenvalue weighted by Gasteiger charge is 2.15. The Hall–Kier alpha value is -3.13. The van der Waals surface area contributed by atoms with Gasteiger partial charge >= 0.3 is 0 Å². The smallest absolute Gasteiger partial charge is 0.163 e. The van der Waals surface area contributed by atoms with E-state index in [1.165, 1.54) is 18.5 Å². The molecule has 2 aromatic carbocycles. The van der Waals surface area contributed by atoms with Crippen LogP contribution in [0.5, 0.6) is 17.2 Å². The van der Waals surface area contributed by atoms with E-state index < -0.39 is 5.82 Å². The number of ether oxygens (including phenoxy) is 2. The van der Waals surface area contributed by atoms with Crippen LogP contribution in [-0.4, -0.2) is 53.3 Å². The number of anilines is 2. The van der Waals surface area contributed by atoms with Crippen molar-refractivity contribution >= 4 is 22.4 Å². The van der Waals surface area contributed by atoms with Crippen molar-refractivity contribution in [1.29, 1.82) is 0 Å². The van der Waals surface area contributed by atoms with Gasteiger partial charge in [-0.25, -0.2) is 14.4 Å². The summed E-state index contributed by atoms with van der Waals surface area (Å²) in [5.74, 6) is 1.06. The Bertz CT molecular complexity index is 1040. The van der Waals surface area contributed by atoms with E-state index >= 15 is 0 Å². The maximum atomic E-state index is 14.3. The molecule has 0 aliphatic heterocycles. The second kappa shape index (κ2) is 10.3. The molecule has 1 heterocycles. The zero-order valence-corrected chi connectivity index (χ0v) is 18.4. The molecule has 3 rings (SSSR count). The average Bonchev–Trinajstić information content (AvgIpc) is 2.78. The number of halogens is 1. The van der Waals surface area contributed by atoms with Crippen LogP contribution in [0.15, 0.2) is 30.6 Å². The zero-order valence-electron chi connectivity index (χ0n) is 18.4. The van der Waals surface area contributed by atoms with Gasteiger partial charge in [0.1, 0.15) is 23.7 Å². The number of aromatic nitrogens is 2. The van der Waals surface area contributed by atoms with E-state index in [9.17, 15) is 9.50 Å². The van der Waals surface area contributed by atoms with Crippen molar-refractivity contribution in [3.05, 3.63) is 42.0 Å². The molecular weight excluding hydrogens is 399 g/mol. The number of fused-ring (bicyclic) bond motifs is 1. The van der Waals surface area contributed by atoms with Gasteiger partial charge in [-0.3, -0.25) is 0 Å². The second-order valence-corrected chi connectivity index (χ2v) is 7.16. The lowest BCUT2D eigenvalue weighted by Crippen LogP contribution is -2.25.